The van der Waals surface area contributed by atoms with Gasteiger partial charge in [0.2, 0.25) is 5.75 Å². The Hall–Kier alpha value is -3.29. The number of benzene rings is 1. The lowest BCUT2D eigenvalue weighted by Gasteiger charge is -2.12. The van der Waals surface area contributed by atoms with Crippen LogP contribution in [0.1, 0.15) is 15.9 Å². The molecule has 0 fully saturated rings. The average molecular weight is 331 g/mol. The second-order valence-corrected chi connectivity index (χ2v) is 4.61. The normalized spacial score (nSPS) is 10.5. The minimum Gasteiger partial charge on any atom is -0.619 e. The molecule has 0 aliphatic rings. The van der Waals surface area contributed by atoms with Crippen LogP contribution in [0.4, 0.5) is 0 Å². The molecule has 1 aromatic heterocycles. The third-order valence-corrected chi connectivity index (χ3v) is 3.10. The fourth-order valence-corrected chi connectivity index (χ4v) is 1.99. The molecule has 24 heavy (non-hydrogen) atoms. The van der Waals surface area contributed by atoms with Crippen LogP contribution in [0.2, 0.25) is 0 Å². The summed E-state index contributed by atoms with van der Waals surface area (Å²) >= 11 is 0. The van der Waals surface area contributed by atoms with E-state index in [0.29, 0.717) is 27.5 Å². The summed E-state index contributed by atoms with van der Waals surface area (Å²) in [7, 11) is 4.53. The van der Waals surface area contributed by atoms with Crippen molar-refractivity contribution in [2.75, 3.05) is 21.3 Å². The molecule has 1 aromatic carbocycles. The first-order valence-corrected chi connectivity index (χ1v) is 6.91. The highest BCUT2D eigenvalue weighted by Gasteiger charge is 2.12. The monoisotopic (exact) mass is 331 g/mol. The van der Waals surface area contributed by atoms with Crippen molar-refractivity contribution in [2.45, 2.75) is 0 Å². The summed E-state index contributed by atoms with van der Waals surface area (Å²) < 4.78 is 16.2. The minimum atomic E-state index is -0.496. The van der Waals surface area contributed by atoms with E-state index in [1.165, 1.54) is 45.9 Å². The molecule has 0 radical (unpaired) electrons. The van der Waals surface area contributed by atoms with Crippen LogP contribution in [0.25, 0.3) is 0 Å². The first kappa shape index (κ1) is 17.1. The molecule has 0 spiro atoms. The number of amides is 1. The fraction of sp³-hybridized carbons (Fsp3) is 0.188. The van der Waals surface area contributed by atoms with Gasteiger partial charge in [0.1, 0.15) is 5.56 Å². The number of hydrogen-bond donors (Lipinski definition) is 1. The lowest BCUT2D eigenvalue weighted by atomic mass is 10.2. The van der Waals surface area contributed by atoms with Crippen molar-refractivity contribution >= 4 is 12.1 Å². The van der Waals surface area contributed by atoms with Crippen molar-refractivity contribution in [1.82, 2.24) is 5.43 Å². The SMILES string of the molecule is COc1cc(C=NNC(=O)c2ccc[n+]([O-])c2)cc(OC)c1OC. The number of hydrazone groups is 1. The van der Waals surface area contributed by atoms with E-state index in [9.17, 15) is 10.0 Å². The summed E-state index contributed by atoms with van der Waals surface area (Å²) in [6.07, 6.45) is 3.87. The van der Waals surface area contributed by atoms with Crippen LogP contribution in [0.3, 0.4) is 0 Å². The van der Waals surface area contributed by atoms with Crippen LogP contribution in [0, 0.1) is 5.21 Å². The number of ether oxygens (including phenoxy) is 3. The highest BCUT2D eigenvalue weighted by atomic mass is 16.5. The molecule has 0 unspecified atom stereocenters. The second kappa shape index (κ2) is 7.82. The maximum Gasteiger partial charge on any atom is 0.277 e. The van der Waals surface area contributed by atoms with Gasteiger partial charge in [-0.15, -0.1) is 0 Å². The Bertz CT molecular complexity index is 736. The quantitative estimate of drug-likeness (QED) is 0.370. The number of carbonyl (C=O) groups excluding carboxylic acids is 1. The highest BCUT2D eigenvalue weighted by Crippen LogP contribution is 2.37. The summed E-state index contributed by atoms with van der Waals surface area (Å²) in [4.78, 5) is 11.9. The number of carbonyl (C=O) groups is 1. The van der Waals surface area contributed by atoms with Crippen LogP contribution in [-0.2, 0) is 0 Å². The Labute approximate surface area is 138 Å². The first-order valence-electron chi connectivity index (χ1n) is 6.91. The maximum absolute atomic E-state index is 11.9. The molecule has 2 aromatic rings. The van der Waals surface area contributed by atoms with Gasteiger partial charge in [0.15, 0.2) is 23.9 Å². The second-order valence-electron chi connectivity index (χ2n) is 4.61. The third kappa shape index (κ3) is 3.92. The Morgan fingerprint density at radius 3 is 2.42 bits per heavy atom. The minimum absolute atomic E-state index is 0.203. The van der Waals surface area contributed by atoms with Gasteiger partial charge in [-0.3, -0.25) is 4.79 Å². The predicted octanol–water partition coefficient (Wildman–Crippen LogP) is 1.11. The molecule has 0 aliphatic carbocycles. The van der Waals surface area contributed by atoms with Crippen LogP contribution in [-0.4, -0.2) is 33.5 Å². The van der Waals surface area contributed by atoms with Crippen molar-refractivity contribution in [3.05, 3.63) is 53.0 Å². The van der Waals surface area contributed by atoms with Crippen molar-refractivity contribution in [3.8, 4) is 17.2 Å². The number of pyridine rings is 1. The number of aromatic nitrogens is 1. The maximum atomic E-state index is 11.9. The number of hydrogen-bond acceptors (Lipinski definition) is 6. The Balaban J connectivity index is 2.15. The van der Waals surface area contributed by atoms with Gasteiger partial charge in [-0.25, -0.2) is 5.43 Å². The Morgan fingerprint density at radius 1 is 1.21 bits per heavy atom. The molecule has 8 heteroatoms. The molecular weight excluding hydrogens is 314 g/mol. The topological polar surface area (TPSA) is 96.1 Å². The number of rotatable bonds is 6. The predicted molar refractivity (Wildman–Crippen MR) is 86.6 cm³/mol. The van der Waals surface area contributed by atoms with Crippen molar-refractivity contribution in [2.24, 2.45) is 5.10 Å². The van der Waals surface area contributed by atoms with Gasteiger partial charge < -0.3 is 19.4 Å². The smallest absolute Gasteiger partial charge is 0.277 e. The van der Waals surface area contributed by atoms with Gasteiger partial charge in [0, 0.05) is 11.6 Å². The van der Waals surface area contributed by atoms with Gasteiger partial charge >= 0.3 is 0 Å². The molecular formula is C16H17N3O5. The molecule has 0 atom stereocenters. The van der Waals surface area contributed by atoms with Crippen LogP contribution in [0.5, 0.6) is 17.2 Å². The van der Waals surface area contributed by atoms with Crippen molar-refractivity contribution in [1.29, 1.82) is 0 Å². The van der Waals surface area contributed by atoms with E-state index in [1.807, 2.05) is 0 Å². The molecule has 126 valence electrons. The first-order chi connectivity index (χ1) is 11.6. The highest BCUT2D eigenvalue weighted by molar-refractivity contribution is 5.94. The van der Waals surface area contributed by atoms with Gasteiger partial charge in [-0.1, -0.05) is 0 Å². The van der Waals surface area contributed by atoms with E-state index in [0.717, 1.165) is 6.20 Å². The summed E-state index contributed by atoms with van der Waals surface area (Å²) in [6.45, 7) is 0. The number of methoxy groups -OCH3 is 3. The summed E-state index contributed by atoms with van der Waals surface area (Å²) in [6, 6.07) is 6.36. The Morgan fingerprint density at radius 2 is 1.88 bits per heavy atom. The fourth-order valence-electron chi connectivity index (χ4n) is 1.99. The largest absolute Gasteiger partial charge is 0.619 e. The third-order valence-electron chi connectivity index (χ3n) is 3.10. The van der Waals surface area contributed by atoms with Crippen LogP contribution >= 0.6 is 0 Å². The van der Waals surface area contributed by atoms with E-state index in [-0.39, 0.29) is 5.56 Å². The number of nitrogens with zero attached hydrogens (tertiary/aromatic N) is 2. The zero-order valence-electron chi connectivity index (χ0n) is 13.5. The Kier molecular flexibility index (Phi) is 5.56. The molecule has 0 saturated heterocycles. The van der Waals surface area contributed by atoms with Gasteiger partial charge in [-0.2, -0.15) is 9.83 Å². The van der Waals surface area contributed by atoms with Gasteiger partial charge in [-0.05, 0) is 18.2 Å². The summed E-state index contributed by atoms with van der Waals surface area (Å²) in [5.41, 5.74) is 3.18. The molecule has 1 amide bonds. The van der Waals surface area contributed by atoms with E-state index >= 15 is 0 Å². The van der Waals surface area contributed by atoms with E-state index < -0.39 is 5.91 Å². The van der Waals surface area contributed by atoms with Gasteiger partial charge in [0.25, 0.3) is 5.91 Å². The lowest BCUT2D eigenvalue weighted by Crippen LogP contribution is -2.28. The van der Waals surface area contributed by atoms with Crippen molar-refractivity contribution < 1.29 is 23.7 Å². The van der Waals surface area contributed by atoms with E-state index in [1.54, 1.807) is 12.1 Å². The zero-order valence-corrected chi connectivity index (χ0v) is 13.5. The van der Waals surface area contributed by atoms with Crippen LogP contribution in [0.15, 0.2) is 41.8 Å². The van der Waals surface area contributed by atoms with Gasteiger partial charge in [0.05, 0.1) is 27.5 Å². The van der Waals surface area contributed by atoms with E-state index in [2.05, 4.69) is 10.5 Å². The molecule has 1 heterocycles. The standard InChI is InChI=1S/C16H17N3O5/c1-22-13-7-11(8-14(23-2)15(13)24-3)9-17-18-16(20)12-5-4-6-19(21)10-12/h4-10H,1-3H3,(H,18,20). The summed E-state index contributed by atoms with van der Waals surface area (Å²) in [5, 5.41) is 15.0. The molecule has 0 aliphatic heterocycles. The average Bonchev–Trinajstić information content (AvgIpc) is 2.60. The molecule has 1 N–H and O–H groups in total. The molecule has 0 bridgehead atoms. The zero-order chi connectivity index (χ0) is 17.5. The van der Waals surface area contributed by atoms with Crippen LogP contribution < -0.4 is 24.4 Å². The van der Waals surface area contributed by atoms with E-state index in [4.69, 9.17) is 14.2 Å². The lowest BCUT2D eigenvalue weighted by molar-refractivity contribution is -0.605. The molecule has 2 rings (SSSR count). The van der Waals surface area contributed by atoms with Crippen molar-refractivity contribution in [3.63, 3.8) is 0 Å². The summed E-state index contributed by atoms with van der Waals surface area (Å²) in [5.74, 6) is 0.912. The number of nitrogens with one attached hydrogen (secondary N) is 1. The molecule has 8 nitrogen and oxygen atoms in total. The molecule has 0 saturated carbocycles.